The lowest BCUT2D eigenvalue weighted by atomic mass is 9.88. The number of rotatable bonds is 7. The third-order valence-electron chi connectivity index (χ3n) is 3.71. The van der Waals surface area contributed by atoms with Crippen LogP contribution in [-0.4, -0.2) is 13.1 Å². The molecule has 2 unspecified atom stereocenters. The van der Waals surface area contributed by atoms with Crippen molar-refractivity contribution in [1.29, 1.82) is 0 Å². The fourth-order valence-electron chi connectivity index (χ4n) is 2.14. The highest BCUT2D eigenvalue weighted by Crippen LogP contribution is 2.19. The van der Waals surface area contributed by atoms with Gasteiger partial charge in [0, 0.05) is 0 Å². The molecule has 0 aliphatic carbocycles. The first-order chi connectivity index (χ1) is 8.54. The van der Waals surface area contributed by atoms with Gasteiger partial charge in [-0.25, -0.2) is 4.39 Å². The van der Waals surface area contributed by atoms with Crippen LogP contribution in [-0.2, 0) is 6.42 Å². The molecule has 1 nitrogen and oxygen atoms in total. The summed E-state index contributed by atoms with van der Waals surface area (Å²) in [7, 11) is 0. The monoisotopic (exact) mass is 251 g/mol. The third kappa shape index (κ3) is 4.77. The first-order valence-corrected chi connectivity index (χ1v) is 7.00. The maximum atomic E-state index is 13.0. The van der Waals surface area contributed by atoms with Gasteiger partial charge in [-0.05, 0) is 68.0 Å². The van der Waals surface area contributed by atoms with E-state index in [0.717, 1.165) is 25.1 Å². The fraction of sp³-hybridized carbons (Fsp3) is 0.625. The van der Waals surface area contributed by atoms with Crippen molar-refractivity contribution in [2.24, 2.45) is 11.8 Å². The van der Waals surface area contributed by atoms with Gasteiger partial charge in [-0.3, -0.25) is 0 Å². The van der Waals surface area contributed by atoms with Gasteiger partial charge >= 0.3 is 0 Å². The van der Waals surface area contributed by atoms with Gasteiger partial charge in [0.25, 0.3) is 0 Å². The molecule has 1 rings (SSSR count). The van der Waals surface area contributed by atoms with Crippen LogP contribution in [0, 0.1) is 24.6 Å². The van der Waals surface area contributed by atoms with Crippen LogP contribution in [0.15, 0.2) is 18.2 Å². The number of nitrogens with one attached hydrogen (secondary N) is 1. The summed E-state index contributed by atoms with van der Waals surface area (Å²) >= 11 is 0. The molecule has 1 N–H and O–H groups in total. The largest absolute Gasteiger partial charge is 0.316 e. The van der Waals surface area contributed by atoms with E-state index in [2.05, 4.69) is 26.1 Å². The van der Waals surface area contributed by atoms with E-state index in [1.165, 1.54) is 12.0 Å². The van der Waals surface area contributed by atoms with Crippen molar-refractivity contribution in [3.05, 3.63) is 35.1 Å². The minimum absolute atomic E-state index is 0.137. The number of hydrogen-bond acceptors (Lipinski definition) is 1. The predicted octanol–water partition coefficient (Wildman–Crippen LogP) is 3.95. The average molecular weight is 251 g/mol. The van der Waals surface area contributed by atoms with Crippen LogP contribution >= 0.6 is 0 Å². The van der Waals surface area contributed by atoms with Crippen LogP contribution in [0.25, 0.3) is 0 Å². The molecule has 0 heterocycles. The van der Waals surface area contributed by atoms with Crippen LogP contribution in [0.4, 0.5) is 4.39 Å². The quantitative estimate of drug-likeness (QED) is 0.724. The maximum Gasteiger partial charge on any atom is 0.123 e. The Labute approximate surface area is 111 Å². The van der Waals surface area contributed by atoms with Crippen molar-refractivity contribution in [1.82, 2.24) is 5.32 Å². The molecule has 0 radical (unpaired) electrons. The minimum atomic E-state index is -0.137. The molecule has 0 fully saturated rings. The summed E-state index contributed by atoms with van der Waals surface area (Å²) < 4.78 is 13.0. The van der Waals surface area contributed by atoms with Gasteiger partial charge < -0.3 is 5.32 Å². The number of hydrogen-bond donors (Lipinski definition) is 1. The van der Waals surface area contributed by atoms with Crippen LogP contribution < -0.4 is 5.32 Å². The van der Waals surface area contributed by atoms with Gasteiger partial charge in [0.1, 0.15) is 5.82 Å². The van der Waals surface area contributed by atoms with E-state index < -0.39 is 0 Å². The highest BCUT2D eigenvalue weighted by atomic mass is 19.1. The van der Waals surface area contributed by atoms with Crippen LogP contribution in [0.2, 0.25) is 0 Å². The van der Waals surface area contributed by atoms with E-state index in [-0.39, 0.29) is 5.82 Å². The summed E-state index contributed by atoms with van der Waals surface area (Å²) in [4.78, 5) is 0. The molecular weight excluding hydrogens is 225 g/mol. The Balaban J connectivity index is 2.50. The zero-order chi connectivity index (χ0) is 13.5. The number of aryl methyl sites for hydroxylation is 1. The second kappa shape index (κ2) is 7.52. The molecule has 0 bridgehead atoms. The Morgan fingerprint density at radius 2 is 1.94 bits per heavy atom. The second-order valence-electron chi connectivity index (χ2n) is 5.43. The molecule has 2 atom stereocenters. The molecule has 102 valence electrons. The molecule has 1 aromatic rings. The summed E-state index contributed by atoms with van der Waals surface area (Å²) in [5, 5.41) is 3.47. The van der Waals surface area contributed by atoms with Crippen LogP contribution in [0.5, 0.6) is 0 Å². The Morgan fingerprint density at radius 1 is 1.22 bits per heavy atom. The van der Waals surface area contributed by atoms with Crippen molar-refractivity contribution >= 4 is 0 Å². The van der Waals surface area contributed by atoms with E-state index in [4.69, 9.17) is 0 Å². The SMILES string of the molecule is CCCNCC(C)C(C)Cc1ccc(F)cc1C. The van der Waals surface area contributed by atoms with E-state index in [1.54, 1.807) is 12.1 Å². The predicted molar refractivity (Wildman–Crippen MR) is 76.3 cm³/mol. The lowest BCUT2D eigenvalue weighted by Gasteiger charge is -2.21. The lowest BCUT2D eigenvalue weighted by Crippen LogP contribution is -2.26. The van der Waals surface area contributed by atoms with Crippen molar-refractivity contribution in [2.45, 2.75) is 40.5 Å². The zero-order valence-electron chi connectivity index (χ0n) is 12.1. The lowest BCUT2D eigenvalue weighted by molar-refractivity contribution is 0.365. The topological polar surface area (TPSA) is 12.0 Å². The minimum Gasteiger partial charge on any atom is -0.316 e. The van der Waals surface area contributed by atoms with Crippen molar-refractivity contribution in [2.75, 3.05) is 13.1 Å². The van der Waals surface area contributed by atoms with E-state index in [9.17, 15) is 4.39 Å². The molecule has 18 heavy (non-hydrogen) atoms. The van der Waals surface area contributed by atoms with E-state index in [1.807, 2.05) is 13.0 Å². The Morgan fingerprint density at radius 3 is 2.56 bits per heavy atom. The smallest absolute Gasteiger partial charge is 0.123 e. The first-order valence-electron chi connectivity index (χ1n) is 7.00. The van der Waals surface area contributed by atoms with E-state index in [0.29, 0.717) is 11.8 Å². The Bertz CT molecular complexity index is 362. The summed E-state index contributed by atoms with van der Waals surface area (Å²) in [6, 6.07) is 5.12. The standard InChI is InChI=1S/C16H26FN/c1-5-8-18-11-14(4)12(2)9-15-6-7-16(17)10-13(15)3/h6-7,10,12,14,18H,5,8-9,11H2,1-4H3. The molecule has 0 aliphatic heterocycles. The normalized spacial score (nSPS) is 14.5. The van der Waals surface area contributed by atoms with Crippen LogP contribution in [0.3, 0.4) is 0 Å². The first kappa shape index (κ1) is 15.2. The van der Waals surface area contributed by atoms with Crippen molar-refractivity contribution < 1.29 is 4.39 Å². The van der Waals surface area contributed by atoms with Crippen molar-refractivity contribution in [3.63, 3.8) is 0 Å². The highest BCUT2D eigenvalue weighted by molar-refractivity contribution is 5.26. The van der Waals surface area contributed by atoms with Crippen molar-refractivity contribution in [3.8, 4) is 0 Å². The van der Waals surface area contributed by atoms with Gasteiger partial charge in [-0.1, -0.05) is 26.8 Å². The second-order valence-corrected chi connectivity index (χ2v) is 5.43. The molecule has 1 aromatic carbocycles. The van der Waals surface area contributed by atoms with E-state index >= 15 is 0 Å². The maximum absolute atomic E-state index is 13.0. The number of halogens is 1. The van der Waals surface area contributed by atoms with Crippen LogP contribution in [0.1, 0.15) is 38.3 Å². The van der Waals surface area contributed by atoms with Gasteiger partial charge in [-0.2, -0.15) is 0 Å². The molecule has 0 saturated carbocycles. The molecule has 0 spiro atoms. The summed E-state index contributed by atoms with van der Waals surface area (Å²) in [5.41, 5.74) is 2.34. The highest BCUT2D eigenvalue weighted by Gasteiger charge is 2.13. The molecule has 0 saturated heterocycles. The van der Waals surface area contributed by atoms with Gasteiger partial charge in [0.2, 0.25) is 0 Å². The number of benzene rings is 1. The van der Waals surface area contributed by atoms with Gasteiger partial charge in [0.05, 0.1) is 0 Å². The summed E-state index contributed by atoms with van der Waals surface area (Å²) in [5.74, 6) is 1.11. The Hall–Kier alpha value is -0.890. The Kier molecular flexibility index (Phi) is 6.34. The fourth-order valence-corrected chi connectivity index (χ4v) is 2.14. The molecule has 0 amide bonds. The third-order valence-corrected chi connectivity index (χ3v) is 3.71. The molecule has 0 aromatic heterocycles. The van der Waals surface area contributed by atoms with Gasteiger partial charge in [0.15, 0.2) is 0 Å². The zero-order valence-corrected chi connectivity index (χ0v) is 12.1. The molecule has 2 heteroatoms. The van der Waals surface area contributed by atoms with Gasteiger partial charge in [-0.15, -0.1) is 0 Å². The summed E-state index contributed by atoms with van der Waals surface area (Å²) in [6.45, 7) is 10.9. The average Bonchev–Trinajstić information content (AvgIpc) is 2.32. The molecule has 0 aliphatic rings. The summed E-state index contributed by atoms with van der Waals surface area (Å²) in [6.07, 6.45) is 2.21. The molecular formula is C16H26FN.